The maximum atomic E-state index is 10.5. The summed E-state index contributed by atoms with van der Waals surface area (Å²) >= 11 is 5.65. The highest BCUT2D eigenvalue weighted by Crippen LogP contribution is 2.38. The fraction of sp³-hybridized carbons (Fsp3) is 0.833. The Balaban J connectivity index is 2.12. The van der Waals surface area contributed by atoms with E-state index in [0.29, 0.717) is 12.3 Å². The van der Waals surface area contributed by atoms with Crippen LogP contribution >= 0.6 is 11.6 Å². The predicted octanol–water partition coefficient (Wildman–Crippen LogP) is 1.18. The molecule has 0 spiro atoms. The van der Waals surface area contributed by atoms with Gasteiger partial charge in [0.05, 0.1) is 7.11 Å². The van der Waals surface area contributed by atoms with Gasteiger partial charge in [-0.15, -0.1) is 11.6 Å². The van der Waals surface area contributed by atoms with Gasteiger partial charge in [-0.05, 0) is 12.3 Å². The molecular weight excluding hydrogens is 140 g/mol. The largest absolute Gasteiger partial charge is 0.469 e. The van der Waals surface area contributed by atoms with Gasteiger partial charge in [0.25, 0.3) is 0 Å². The Morgan fingerprint density at radius 3 is 2.78 bits per heavy atom. The van der Waals surface area contributed by atoms with Gasteiger partial charge in [-0.25, -0.2) is 0 Å². The number of halogens is 1. The first-order valence-corrected chi connectivity index (χ1v) is 3.38. The van der Waals surface area contributed by atoms with E-state index in [0.717, 1.165) is 6.42 Å². The third kappa shape index (κ3) is 1.86. The summed E-state index contributed by atoms with van der Waals surface area (Å²) in [6, 6.07) is 0. The first-order valence-electron chi connectivity index (χ1n) is 2.95. The second kappa shape index (κ2) is 2.56. The number of carbonyl (C=O) groups is 1. The van der Waals surface area contributed by atoms with E-state index in [-0.39, 0.29) is 11.3 Å². The molecule has 2 unspecified atom stereocenters. The van der Waals surface area contributed by atoms with Gasteiger partial charge in [0.15, 0.2) is 0 Å². The monoisotopic (exact) mass is 148 g/mol. The van der Waals surface area contributed by atoms with Crippen LogP contribution < -0.4 is 0 Å². The van der Waals surface area contributed by atoms with E-state index >= 15 is 0 Å². The van der Waals surface area contributed by atoms with Crippen molar-refractivity contribution in [3.05, 3.63) is 0 Å². The molecule has 0 N–H and O–H groups in total. The Bertz CT molecular complexity index is 124. The summed E-state index contributed by atoms with van der Waals surface area (Å²) in [5, 5.41) is 0.226. The number of alkyl halides is 1. The summed E-state index contributed by atoms with van der Waals surface area (Å²) in [6.45, 7) is 0. The molecule has 52 valence electrons. The van der Waals surface area contributed by atoms with Gasteiger partial charge in [-0.3, -0.25) is 4.79 Å². The zero-order valence-electron chi connectivity index (χ0n) is 5.26. The van der Waals surface area contributed by atoms with Crippen molar-refractivity contribution in [2.75, 3.05) is 7.11 Å². The molecule has 0 amide bonds. The van der Waals surface area contributed by atoms with Gasteiger partial charge < -0.3 is 4.74 Å². The van der Waals surface area contributed by atoms with Crippen molar-refractivity contribution in [3.63, 3.8) is 0 Å². The minimum atomic E-state index is -0.150. The van der Waals surface area contributed by atoms with Crippen molar-refractivity contribution in [1.82, 2.24) is 0 Å². The van der Waals surface area contributed by atoms with Crippen LogP contribution in [0.4, 0.5) is 0 Å². The van der Waals surface area contributed by atoms with Crippen LogP contribution in [0.3, 0.4) is 0 Å². The topological polar surface area (TPSA) is 26.3 Å². The smallest absolute Gasteiger partial charge is 0.305 e. The quantitative estimate of drug-likeness (QED) is 0.434. The van der Waals surface area contributed by atoms with Crippen LogP contribution in [0.2, 0.25) is 0 Å². The van der Waals surface area contributed by atoms with E-state index in [2.05, 4.69) is 4.74 Å². The summed E-state index contributed by atoms with van der Waals surface area (Å²) < 4.78 is 4.45. The van der Waals surface area contributed by atoms with Crippen molar-refractivity contribution < 1.29 is 9.53 Å². The molecule has 0 heterocycles. The average molecular weight is 149 g/mol. The molecule has 0 aromatic rings. The van der Waals surface area contributed by atoms with E-state index in [1.807, 2.05) is 0 Å². The lowest BCUT2D eigenvalue weighted by Gasteiger charge is -1.93. The number of ether oxygens (including phenoxy) is 1. The molecule has 0 saturated heterocycles. The van der Waals surface area contributed by atoms with Crippen LogP contribution in [0.5, 0.6) is 0 Å². The molecule has 0 aromatic heterocycles. The van der Waals surface area contributed by atoms with Crippen LogP contribution in [-0.2, 0) is 9.53 Å². The van der Waals surface area contributed by atoms with E-state index in [1.165, 1.54) is 7.11 Å². The maximum Gasteiger partial charge on any atom is 0.305 e. The molecule has 2 nitrogen and oxygen atoms in total. The zero-order valence-corrected chi connectivity index (χ0v) is 6.02. The Morgan fingerprint density at radius 2 is 2.44 bits per heavy atom. The van der Waals surface area contributed by atoms with Crippen LogP contribution in [0.15, 0.2) is 0 Å². The fourth-order valence-electron chi connectivity index (χ4n) is 0.719. The number of methoxy groups -OCH3 is 1. The Morgan fingerprint density at radius 1 is 1.89 bits per heavy atom. The number of hydrogen-bond acceptors (Lipinski definition) is 2. The summed E-state index contributed by atoms with van der Waals surface area (Å²) in [5.74, 6) is 0.238. The third-order valence-corrected chi connectivity index (χ3v) is 2.03. The highest BCUT2D eigenvalue weighted by atomic mass is 35.5. The van der Waals surface area contributed by atoms with E-state index in [1.54, 1.807) is 0 Å². The van der Waals surface area contributed by atoms with Crippen molar-refractivity contribution in [2.24, 2.45) is 5.92 Å². The molecule has 1 aliphatic rings. The molecule has 9 heavy (non-hydrogen) atoms. The van der Waals surface area contributed by atoms with Crippen LogP contribution in [0, 0.1) is 5.92 Å². The summed E-state index contributed by atoms with van der Waals surface area (Å²) in [6.07, 6.45) is 1.46. The lowest BCUT2D eigenvalue weighted by Crippen LogP contribution is -2.01. The number of carbonyl (C=O) groups excluding carboxylic acids is 1. The third-order valence-electron chi connectivity index (χ3n) is 1.49. The molecule has 3 heteroatoms. The van der Waals surface area contributed by atoms with Crippen LogP contribution in [0.1, 0.15) is 12.8 Å². The number of rotatable bonds is 2. The molecule has 0 bridgehead atoms. The number of esters is 1. The standard InChI is InChI=1S/C6H9ClO2/c1-9-6(8)3-4-2-5(4)7/h4-5H,2-3H2,1H3. The minimum absolute atomic E-state index is 0.150. The molecule has 1 rings (SSSR count). The second-order valence-corrected chi connectivity index (χ2v) is 2.85. The number of hydrogen-bond donors (Lipinski definition) is 0. The lowest BCUT2D eigenvalue weighted by atomic mass is 10.3. The van der Waals surface area contributed by atoms with Crippen LogP contribution in [0.25, 0.3) is 0 Å². The van der Waals surface area contributed by atoms with Gasteiger partial charge in [0.1, 0.15) is 0 Å². The van der Waals surface area contributed by atoms with Gasteiger partial charge >= 0.3 is 5.97 Å². The molecule has 0 aliphatic heterocycles. The predicted molar refractivity (Wildman–Crippen MR) is 34.4 cm³/mol. The highest BCUT2D eigenvalue weighted by molar-refractivity contribution is 6.22. The van der Waals surface area contributed by atoms with Crippen molar-refractivity contribution in [3.8, 4) is 0 Å². The summed E-state index contributed by atoms with van der Waals surface area (Å²) in [5.41, 5.74) is 0. The first kappa shape index (κ1) is 6.87. The zero-order chi connectivity index (χ0) is 6.85. The summed E-state index contributed by atoms with van der Waals surface area (Å²) in [4.78, 5) is 10.5. The summed E-state index contributed by atoms with van der Waals surface area (Å²) in [7, 11) is 1.40. The highest BCUT2D eigenvalue weighted by Gasteiger charge is 2.36. The van der Waals surface area contributed by atoms with Gasteiger partial charge in [-0.1, -0.05) is 0 Å². The first-order chi connectivity index (χ1) is 4.24. The van der Waals surface area contributed by atoms with Crippen molar-refractivity contribution in [2.45, 2.75) is 18.2 Å². The fourth-order valence-corrected chi connectivity index (χ4v) is 1.04. The van der Waals surface area contributed by atoms with E-state index in [9.17, 15) is 4.79 Å². The molecule has 2 atom stereocenters. The molecule has 0 radical (unpaired) electrons. The Labute approximate surface area is 59.1 Å². The van der Waals surface area contributed by atoms with Gasteiger partial charge in [0, 0.05) is 11.8 Å². The normalized spacial score (nSPS) is 31.8. The van der Waals surface area contributed by atoms with E-state index in [4.69, 9.17) is 11.6 Å². The second-order valence-electron chi connectivity index (χ2n) is 2.29. The Hall–Kier alpha value is -0.240. The maximum absolute atomic E-state index is 10.5. The average Bonchev–Trinajstić information content (AvgIpc) is 2.47. The molecule has 1 aliphatic carbocycles. The van der Waals surface area contributed by atoms with Gasteiger partial charge in [-0.2, -0.15) is 0 Å². The van der Waals surface area contributed by atoms with Crippen molar-refractivity contribution >= 4 is 17.6 Å². The lowest BCUT2D eigenvalue weighted by molar-refractivity contribution is -0.141. The Kier molecular flexibility index (Phi) is 1.96. The van der Waals surface area contributed by atoms with Crippen LogP contribution in [-0.4, -0.2) is 18.5 Å². The minimum Gasteiger partial charge on any atom is -0.469 e. The molecular formula is C6H9ClO2. The van der Waals surface area contributed by atoms with Gasteiger partial charge in [0.2, 0.25) is 0 Å². The molecule has 1 fully saturated rings. The molecule has 1 saturated carbocycles. The molecule has 0 aromatic carbocycles. The van der Waals surface area contributed by atoms with E-state index < -0.39 is 0 Å². The van der Waals surface area contributed by atoms with Crippen molar-refractivity contribution in [1.29, 1.82) is 0 Å². The SMILES string of the molecule is COC(=O)CC1CC1Cl.